The third kappa shape index (κ3) is 4.90. The van der Waals surface area contributed by atoms with E-state index in [0.717, 1.165) is 17.7 Å². The number of terminal acetylenes is 1. The largest absolute Gasteiger partial charge is 0.481 e. The molecule has 1 aromatic rings. The summed E-state index contributed by atoms with van der Waals surface area (Å²) in [5, 5.41) is 12.3. The number of nitrogens with one attached hydrogen (secondary N) is 1. The zero-order chi connectivity index (χ0) is 12.5. The molecule has 0 aliphatic carbocycles. The van der Waals surface area contributed by atoms with Crippen molar-refractivity contribution in [2.24, 2.45) is 0 Å². The Morgan fingerprint density at radius 3 is 3.00 bits per heavy atom. The molecule has 0 radical (unpaired) electrons. The van der Waals surface area contributed by atoms with Crippen LogP contribution in [0.15, 0.2) is 24.3 Å². The van der Waals surface area contributed by atoms with Crippen molar-refractivity contribution in [3.8, 4) is 18.1 Å². The van der Waals surface area contributed by atoms with E-state index in [1.54, 1.807) is 0 Å². The van der Waals surface area contributed by atoms with Crippen molar-refractivity contribution in [3.63, 3.8) is 0 Å². The molecule has 0 aromatic heterocycles. The van der Waals surface area contributed by atoms with Gasteiger partial charge in [-0.3, -0.25) is 0 Å². The average molecular weight is 233 g/mol. The predicted molar refractivity (Wildman–Crippen MR) is 68.8 cm³/mol. The minimum absolute atomic E-state index is 0.144. The second kappa shape index (κ2) is 7.72. The Bertz CT molecular complexity index is 367. The second-order valence-corrected chi connectivity index (χ2v) is 3.81. The zero-order valence-electron chi connectivity index (χ0n) is 10.1. The van der Waals surface area contributed by atoms with Crippen LogP contribution in [0.4, 0.5) is 0 Å². The fourth-order valence-corrected chi connectivity index (χ4v) is 1.47. The lowest BCUT2D eigenvalue weighted by molar-refractivity contribution is 0.238. The molecule has 0 fully saturated rings. The first-order valence-electron chi connectivity index (χ1n) is 5.79. The van der Waals surface area contributed by atoms with E-state index in [1.165, 1.54) is 0 Å². The second-order valence-electron chi connectivity index (χ2n) is 3.81. The standard InChI is InChI=1S/C14H19NO2/c1-3-8-17-14-7-5-6-12(9-14)10-15-13(4-2)11-16/h1,5-7,9,13,15-16H,4,8,10-11H2,2H3/t13-/m0/s1. The first kappa shape index (κ1) is 13.6. The summed E-state index contributed by atoms with van der Waals surface area (Å²) < 4.78 is 5.34. The number of ether oxygens (including phenoxy) is 1. The van der Waals surface area contributed by atoms with Gasteiger partial charge in [-0.2, -0.15) is 0 Å². The van der Waals surface area contributed by atoms with E-state index in [-0.39, 0.29) is 19.3 Å². The van der Waals surface area contributed by atoms with Gasteiger partial charge in [0.2, 0.25) is 0 Å². The molecule has 17 heavy (non-hydrogen) atoms. The van der Waals surface area contributed by atoms with Crippen molar-refractivity contribution in [1.82, 2.24) is 5.32 Å². The lowest BCUT2D eigenvalue weighted by Crippen LogP contribution is -2.31. The lowest BCUT2D eigenvalue weighted by Gasteiger charge is -2.14. The van der Waals surface area contributed by atoms with E-state index in [1.807, 2.05) is 31.2 Å². The van der Waals surface area contributed by atoms with E-state index < -0.39 is 0 Å². The summed E-state index contributed by atoms with van der Waals surface area (Å²) in [5.74, 6) is 3.21. The fourth-order valence-electron chi connectivity index (χ4n) is 1.47. The van der Waals surface area contributed by atoms with Gasteiger partial charge in [-0.1, -0.05) is 25.0 Å². The van der Waals surface area contributed by atoms with Gasteiger partial charge in [0.05, 0.1) is 6.61 Å². The molecule has 2 N–H and O–H groups in total. The van der Waals surface area contributed by atoms with Crippen LogP contribution in [0.25, 0.3) is 0 Å². The van der Waals surface area contributed by atoms with Crippen molar-refractivity contribution in [1.29, 1.82) is 0 Å². The van der Waals surface area contributed by atoms with Crippen LogP contribution >= 0.6 is 0 Å². The third-order valence-corrected chi connectivity index (χ3v) is 2.53. The molecule has 0 unspecified atom stereocenters. The molecule has 0 spiro atoms. The fraction of sp³-hybridized carbons (Fsp3) is 0.429. The summed E-state index contributed by atoms with van der Waals surface area (Å²) >= 11 is 0. The first-order valence-corrected chi connectivity index (χ1v) is 5.79. The quantitative estimate of drug-likeness (QED) is 0.702. The normalized spacial score (nSPS) is 11.8. The molecule has 92 valence electrons. The van der Waals surface area contributed by atoms with Crippen molar-refractivity contribution < 1.29 is 9.84 Å². The highest BCUT2D eigenvalue weighted by molar-refractivity contribution is 5.28. The van der Waals surface area contributed by atoms with E-state index in [0.29, 0.717) is 6.54 Å². The monoisotopic (exact) mass is 233 g/mol. The van der Waals surface area contributed by atoms with Gasteiger partial charge in [-0.25, -0.2) is 0 Å². The number of rotatable bonds is 7. The minimum Gasteiger partial charge on any atom is -0.481 e. The molecular formula is C14H19NO2. The number of hydrogen-bond acceptors (Lipinski definition) is 3. The summed E-state index contributed by atoms with van der Waals surface area (Å²) in [7, 11) is 0. The van der Waals surface area contributed by atoms with Crippen molar-refractivity contribution in [2.45, 2.75) is 25.9 Å². The molecule has 0 heterocycles. The molecule has 3 heteroatoms. The van der Waals surface area contributed by atoms with Crippen molar-refractivity contribution >= 4 is 0 Å². The Kier molecular flexibility index (Phi) is 6.16. The maximum atomic E-state index is 9.07. The molecule has 0 saturated heterocycles. The van der Waals surface area contributed by atoms with Crippen molar-refractivity contribution in [2.75, 3.05) is 13.2 Å². The third-order valence-electron chi connectivity index (χ3n) is 2.53. The molecule has 0 aliphatic rings. The SMILES string of the molecule is C#CCOc1cccc(CN[C@@H](CC)CO)c1. The van der Waals surface area contributed by atoms with Crippen LogP contribution in [-0.4, -0.2) is 24.4 Å². The topological polar surface area (TPSA) is 41.5 Å². The van der Waals surface area contributed by atoms with Gasteiger partial charge >= 0.3 is 0 Å². The van der Waals surface area contributed by atoms with Gasteiger partial charge in [0.15, 0.2) is 0 Å². The van der Waals surface area contributed by atoms with Crippen LogP contribution in [0.2, 0.25) is 0 Å². The van der Waals surface area contributed by atoms with E-state index in [4.69, 9.17) is 16.3 Å². The Hall–Kier alpha value is -1.50. The Balaban J connectivity index is 2.51. The van der Waals surface area contributed by atoms with E-state index in [2.05, 4.69) is 11.2 Å². The number of aliphatic hydroxyl groups is 1. The molecule has 0 saturated carbocycles. The summed E-state index contributed by atoms with van der Waals surface area (Å²) in [5.41, 5.74) is 1.12. The van der Waals surface area contributed by atoms with Crippen LogP contribution in [-0.2, 0) is 6.54 Å². The average Bonchev–Trinajstić information content (AvgIpc) is 2.38. The van der Waals surface area contributed by atoms with Crippen LogP contribution < -0.4 is 10.1 Å². The summed E-state index contributed by atoms with van der Waals surface area (Å²) in [6, 6.07) is 7.92. The smallest absolute Gasteiger partial charge is 0.148 e. The van der Waals surface area contributed by atoms with Crippen molar-refractivity contribution in [3.05, 3.63) is 29.8 Å². The maximum absolute atomic E-state index is 9.07. The van der Waals surface area contributed by atoms with Crippen LogP contribution in [0.5, 0.6) is 5.75 Å². The minimum atomic E-state index is 0.144. The molecule has 1 atom stereocenters. The highest BCUT2D eigenvalue weighted by Gasteiger charge is 2.03. The molecular weight excluding hydrogens is 214 g/mol. The zero-order valence-corrected chi connectivity index (χ0v) is 10.1. The highest BCUT2D eigenvalue weighted by Crippen LogP contribution is 2.13. The number of aliphatic hydroxyl groups excluding tert-OH is 1. The molecule has 1 rings (SSSR count). The number of hydrogen-bond donors (Lipinski definition) is 2. The summed E-state index contributed by atoms with van der Waals surface area (Å²) in [6.07, 6.45) is 6.04. The predicted octanol–water partition coefficient (Wildman–Crippen LogP) is 1.56. The van der Waals surface area contributed by atoms with Gasteiger partial charge in [-0.05, 0) is 24.1 Å². The molecule has 3 nitrogen and oxygen atoms in total. The molecule has 0 bridgehead atoms. The van der Waals surface area contributed by atoms with Crippen LogP contribution in [0, 0.1) is 12.3 Å². The highest BCUT2D eigenvalue weighted by atomic mass is 16.5. The van der Waals surface area contributed by atoms with Gasteiger partial charge in [0.25, 0.3) is 0 Å². The van der Waals surface area contributed by atoms with E-state index in [9.17, 15) is 0 Å². The van der Waals surface area contributed by atoms with Crippen LogP contribution in [0.3, 0.4) is 0 Å². The Morgan fingerprint density at radius 2 is 2.35 bits per heavy atom. The molecule has 0 aliphatic heterocycles. The molecule has 1 aromatic carbocycles. The van der Waals surface area contributed by atoms with Gasteiger partial charge in [0, 0.05) is 12.6 Å². The number of benzene rings is 1. The molecule has 0 amide bonds. The first-order chi connectivity index (χ1) is 8.30. The summed E-state index contributed by atoms with van der Waals surface area (Å²) in [6.45, 7) is 3.20. The van der Waals surface area contributed by atoms with Crippen LogP contribution in [0.1, 0.15) is 18.9 Å². The van der Waals surface area contributed by atoms with Gasteiger partial charge < -0.3 is 15.2 Å². The van der Waals surface area contributed by atoms with E-state index >= 15 is 0 Å². The lowest BCUT2D eigenvalue weighted by atomic mass is 10.2. The Morgan fingerprint density at radius 1 is 1.53 bits per heavy atom. The maximum Gasteiger partial charge on any atom is 0.148 e. The summed E-state index contributed by atoms with van der Waals surface area (Å²) in [4.78, 5) is 0. The van der Waals surface area contributed by atoms with Gasteiger partial charge in [-0.15, -0.1) is 6.42 Å². The Labute approximate surface area is 103 Å². The van der Waals surface area contributed by atoms with Gasteiger partial charge in [0.1, 0.15) is 12.4 Å².